The maximum Gasteiger partial charge on any atom is 0.302 e. The molecule has 0 spiro atoms. The molecule has 3 rings (SSSR count). The Kier molecular flexibility index (Phi) is 4.22. The van der Waals surface area contributed by atoms with Gasteiger partial charge in [0, 0.05) is 12.5 Å². The summed E-state index contributed by atoms with van der Waals surface area (Å²) in [6, 6.07) is 5.13. The van der Waals surface area contributed by atoms with Crippen molar-refractivity contribution in [2.75, 3.05) is 20.8 Å². The van der Waals surface area contributed by atoms with Crippen molar-refractivity contribution in [3.05, 3.63) is 33.6 Å². The van der Waals surface area contributed by atoms with E-state index in [4.69, 9.17) is 15.2 Å². The summed E-state index contributed by atoms with van der Waals surface area (Å²) in [7, 11) is 3.08. The molecule has 0 aliphatic carbocycles. The van der Waals surface area contributed by atoms with E-state index in [0.29, 0.717) is 35.0 Å². The molecule has 1 aromatic carbocycles. The average molecular weight is 333 g/mol. The number of rotatable bonds is 5. The zero-order chi connectivity index (χ0) is 16.4. The van der Waals surface area contributed by atoms with Gasteiger partial charge in [0.2, 0.25) is 4.96 Å². The smallest absolute Gasteiger partial charge is 0.302 e. The van der Waals surface area contributed by atoms with Crippen molar-refractivity contribution in [1.29, 1.82) is 0 Å². The zero-order valence-electron chi connectivity index (χ0n) is 12.6. The molecule has 8 nitrogen and oxygen atoms in total. The van der Waals surface area contributed by atoms with Crippen molar-refractivity contribution in [3.63, 3.8) is 0 Å². The highest BCUT2D eigenvalue weighted by Crippen LogP contribution is 2.30. The lowest BCUT2D eigenvalue weighted by atomic mass is 10.1. The second kappa shape index (κ2) is 6.31. The fourth-order valence-electron chi connectivity index (χ4n) is 2.14. The number of nitrogens with two attached hydrogens (primary N) is 1. The van der Waals surface area contributed by atoms with Gasteiger partial charge in [-0.05, 0) is 18.7 Å². The van der Waals surface area contributed by atoms with Crippen LogP contribution in [0.2, 0.25) is 0 Å². The van der Waals surface area contributed by atoms with E-state index in [1.165, 1.54) is 23.0 Å². The Morgan fingerprint density at radius 1 is 1.26 bits per heavy atom. The van der Waals surface area contributed by atoms with Crippen LogP contribution in [0.5, 0.6) is 11.5 Å². The molecule has 0 aliphatic heterocycles. The number of methoxy groups -OCH3 is 2. The van der Waals surface area contributed by atoms with Crippen LogP contribution in [0.3, 0.4) is 0 Å². The van der Waals surface area contributed by atoms with Crippen LogP contribution in [0.4, 0.5) is 0 Å². The molecule has 0 amide bonds. The third-order valence-electron chi connectivity index (χ3n) is 3.25. The van der Waals surface area contributed by atoms with Crippen molar-refractivity contribution in [2.24, 2.45) is 5.73 Å². The SMILES string of the molecule is COc1ccc(-c2nnc3sc(CCN)nn3c2=O)c(OC)c1. The maximum atomic E-state index is 12.7. The van der Waals surface area contributed by atoms with Crippen LogP contribution in [0.25, 0.3) is 16.2 Å². The van der Waals surface area contributed by atoms with Crippen LogP contribution < -0.4 is 20.8 Å². The Bertz CT molecular complexity index is 905. The van der Waals surface area contributed by atoms with Gasteiger partial charge in [-0.2, -0.15) is 9.61 Å². The predicted octanol–water partition coefficient (Wildman–Crippen LogP) is 0.731. The molecule has 0 bridgehead atoms. The summed E-state index contributed by atoms with van der Waals surface area (Å²) in [6.07, 6.45) is 0.592. The summed E-state index contributed by atoms with van der Waals surface area (Å²) in [5.74, 6) is 1.10. The van der Waals surface area contributed by atoms with Crippen molar-refractivity contribution in [1.82, 2.24) is 19.8 Å². The largest absolute Gasteiger partial charge is 0.497 e. The van der Waals surface area contributed by atoms with E-state index in [9.17, 15) is 4.79 Å². The van der Waals surface area contributed by atoms with Crippen molar-refractivity contribution in [3.8, 4) is 22.8 Å². The Morgan fingerprint density at radius 3 is 2.78 bits per heavy atom. The van der Waals surface area contributed by atoms with E-state index in [-0.39, 0.29) is 11.3 Å². The van der Waals surface area contributed by atoms with Gasteiger partial charge in [0.05, 0.1) is 19.8 Å². The van der Waals surface area contributed by atoms with Crippen molar-refractivity contribution < 1.29 is 9.47 Å². The molecule has 2 aromatic heterocycles. The topological polar surface area (TPSA) is 105 Å². The first-order valence-corrected chi connectivity index (χ1v) is 7.67. The quantitative estimate of drug-likeness (QED) is 0.734. The lowest BCUT2D eigenvalue weighted by Crippen LogP contribution is -2.19. The van der Waals surface area contributed by atoms with Crippen LogP contribution >= 0.6 is 11.3 Å². The molecule has 0 unspecified atom stereocenters. The first kappa shape index (κ1) is 15.4. The van der Waals surface area contributed by atoms with Crippen LogP contribution in [-0.2, 0) is 6.42 Å². The first-order chi connectivity index (χ1) is 11.2. The van der Waals surface area contributed by atoms with Gasteiger partial charge in [-0.3, -0.25) is 4.79 Å². The maximum absolute atomic E-state index is 12.7. The number of nitrogens with zero attached hydrogens (tertiary/aromatic N) is 4. The second-order valence-corrected chi connectivity index (χ2v) is 5.69. The Balaban J connectivity index is 2.17. The van der Waals surface area contributed by atoms with E-state index in [0.717, 1.165) is 5.01 Å². The van der Waals surface area contributed by atoms with Gasteiger partial charge in [0.1, 0.15) is 16.5 Å². The minimum absolute atomic E-state index is 0.173. The second-order valence-electron chi connectivity index (χ2n) is 4.65. The molecule has 120 valence electrons. The molecule has 0 radical (unpaired) electrons. The Labute approximate surface area is 135 Å². The zero-order valence-corrected chi connectivity index (χ0v) is 13.5. The molecule has 0 fully saturated rings. The summed E-state index contributed by atoms with van der Waals surface area (Å²) in [5.41, 5.74) is 5.88. The molecule has 2 heterocycles. The minimum atomic E-state index is -0.349. The molecule has 0 aliphatic rings. The lowest BCUT2D eigenvalue weighted by Gasteiger charge is -2.08. The van der Waals surface area contributed by atoms with Gasteiger partial charge in [0.15, 0.2) is 5.69 Å². The van der Waals surface area contributed by atoms with Gasteiger partial charge in [-0.25, -0.2) is 0 Å². The van der Waals surface area contributed by atoms with Gasteiger partial charge < -0.3 is 15.2 Å². The highest BCUT2D eigenvalue weighted by molar-refractivity contribution is 7.16. The summed E-state index contributed by atoms with van der Waals surface area (Å²) in [5, 5.41) is 13.1. The molecule has 2 N–H and O–H groups in total. The fraction of sp³-hybridized carbons (Fsp3) is 0.286. The van der Waals surface area contributed by atoms with E-state index in [2.05, 4.69) is 15.3 Å². The molecule has 3 aromatic rings. The van der Waals surface area contributed by atoms with Gasteiger partial charge in [-0.1, -0.05) is 11.3 Å². The predicted molar refractivity (Wildman–Crippen MR) is 86.2 cm³/mol. The molecule has 0 saturated heterocycles. The molecule has 0 saturated carbocycles. The van der Waals surface area contributed by atoms with Crippen LogP contribution in [0.1, 0.15) is 5.01 Å². The standard InChI is InChI=1S/C14H15N5O3S/c1-21-8-3-4-9(10(7-8)22-2)12-13(20)19-14(17-16-12)23-11(18-19)5-6-15/h3-4,7H,5-6,15H2,1-2H3. The molecule has 0 atom stereocenters. The first-order valence-electron chi connectivity index (χ1n) is 6.85. The fourth-order valence-corrected chi connectivity index (χ4v) is 2.99. The molecule has 9 heteroatoms. The number of fused-ring (bicyclic) bond motifs is 1. The van der Waals surface area contributed by atoms with E-state index in [1.807, 2.05) is 0 Å². The minimum Gasteiger partial charge on any atom is -0.497 e. The molecular formula is C14H15N5O3S. The average Bonchev–Trinajstić information content (AvgIpc) is 2.99. The number of ether oxygens (including phenoxy) is 2. The van der Waals surface area contributed by atoms with E-state index >= 15 is 0 Å². The Morgan fingerprint density at radius 2 is 2.09 bits per heavy atom. The molecule has 23 heavy (non-hydrogen) atoms. The molecular weight excluding hydrogens is 318 g/mol. The van der Waals surface area contributed by atoms with E-state index < -0.39 is 0 Å². The van der Waals surface area contributed by atoms with E-state index in [1.54, 1.807) is 25.3 Å². The van der Waals surface area contributed by atoms with Gasteiger partial charge >= 0.3 is 5.56 Å². The van der Waals surface area contributed by atoms with Gasteiger partial charge in [0.25, 0.3) is 0 Å². The number of hydrogen-bond donors (Lipinski definition) is 1. The third-order valence-corrected chi connectivity index (χ3v) is 4.21. The van der Waals surface area contributed by atoms with Crippen LogP contribution in [0.15, 0.2) is 23.0 Å². The van der Waals surface area contributed by atoms with Crippen LogP contribution in [-0.4, -0.2) is 40.6 Å². The van der Waals surface area contributed by atoms with Crippen molar-refractivity contribution in [2.45, 2.75) is 6.42 Å². The number of hydrogen-bond acceptors (Lipinski definition) is 8. The van der Waals surface area contributed by atoms with Crippen LogP contribution in [0, 0.1) is 0 Å². The lowest BCUT2D eigenvalue weighted by molar-refractivity contribution is 0.395. The summed E-state index contributed by atoms with van der Waals surface area (Å²) >= 11 is 1.30. The van der Waals surface area contributed by atoms with Crippen molar-refractivity contribution >= 4 is 16.3 Å². The normalized spacial score (nSPS) is 10.9. The highest BCUT2D eigenvalue weighted by Gasteiger charge is 2.17. The monoisotopic (exact) mass is 333 g/mol. The third kappa shape index (κ3) is 2.76. The van der Waals surface area contributed by atoms with Gasteiger partial charge in [-0.15, -0.1) is 10.2 Å². The summed E-state index contributed by atoms with van der Waals surface area (Å²) < 4.78 is 11.7. The Hall–Kier alpha value is -2.52. The summed E-state index contributed by atoms with van der Waals surface area (Å²) in [4.78, 5) is 13.1. The number of aromatic nitrogens is 4. The number of benzene rings is 1. The highest BCUT2D eigenvalue weighted by atomic mass is 32.1. The summed E-state index contributed by atoms with van der Waals surface area (Å²) in [6.45, 7) is 0.459.